The third kappa shape index (κ3) is 3.74. The summed E-state index contributed by atoms with van der Waals surface area (Å²) < 4.78 is 5.79. The first-order valence-corrected chi connectivity index (χ1v) is 10.3. The number of amides is 1. The number of hydrogen-bond acceptors (Lipinski definition) is 4. The molecule has 1 N–H and O–H groups in total. The monoisotopic (exact) mass is 399 g/mol. The largest absolute Gasteiger partial charge is 0.372 e. The van der Waals surface area contributed by atoms with E-state index in [1.54, 1.807) is 6.20 Å². The van der Waals surface area contributed by atoms with Crippen LogP contribution in [0.3, 0.4) is 0 Å². The molecule has 1 aliphatic carbocycles. The molecule has 2 aliphatic rings. The molecule has 0 spiro atoms. The van der Waals surface area contributed by atoms with Gasteiger partial charge < -0.3 is 15.0 Å². The first-order chi connectivity index (χ1) is 13.5. The number of rotatable bonds is 4. The number of aromatic nitrogens is 1. The van der Waals surface area contributed by atoms with Gasteiger partial charge in [-0.05, 0) is 56.5 Å². The SMILES string of the molecule is CC1CN(c2ccc(NC(=O)C3(c4ccc(Cl)cc4)CCC3)cn2)CC(C)O1. The molecule has 1 aromatic heterocycles. The molecule has 1 saturated heterocycles. The van der Waals surface area contributed by atoms with E-state index >= 15 is 0 Å². The maximum absolute atomic E-state index is 13.1. The van der Waals surface area contributed by atoms with Gasteiger partial charge in [0.15, 0.2) is 0 Å². The molecule has 6 heteroatoms. The van der Waals surface area contributed by atoms with Crippen molar-refractivity contribution in [3.63, 3.8) is 0 Å². The molecule has 0 radical (unpaired) electrons. The van der Waals surface area contributed by atoms with Crippen LogP contribution in [-0.2, 0) is 14.9 Å². The summed E-state index contributed by atoms with van der Waals surface area (Å²) in [5.41, 5.74) is 1.29. The molecule has 1 saturated carbocycles. The number of morpholine rings is 1. The Kier molecular flexibility index (Phi) is 5.30. The highest BCUT2D eigenvalue weighted by Gasteiger charge is 2.45. The van der Waals surface area contributed by atoms with Crippen molar-refractivity contribution in [2.75, 3.05) is 23.3 Å². The fourth-order valence-corrected chi connectivity index (χ4v) is 4.33. The maximum Gasteiger partial charge on any atom is 0.235 e. The van der Waals surface area contributed by atoms with Gasteiger partial charge in [0.2, 0.25) is 5.91 Å². The number of nitrogens with zero attached hydrogens (tertiary/aromatic N) is 2. The molecule has 4 rings (SSSR count). The number of benzene rings is 1. The standard InChI is InChI=1S/C22H26ClN3O2/c1-15-13-26(14-16(2)28-15)20-9-8-19(12-24-20)25-21(27)22(10-3-11-22)17-4-6-18(23)7-5-17/h4-9,12,15-16H,3,10-11,13-14H2,1-2H3,(H,25,27). The van der Waals surface area contributed by atoms with E-state index in [-0.39, 0.29) is 18.1 Å². The Hall–Kier alpha value is -2.11. The van der Waals surface area contributed by atoms with Crippen LogP contribution >= 0.6 is 11.6 Å². The second-order valence-electron chi connectivity index (χ2n) is 7.96. The van der Waals surface area contributed by atoms with Gasteiger partial charge in [0.1, 0.15) is 5.82 Å². The number of hydrogen-bond donors (Lipinski definition) is 1. The Balaban J connectivity index is 1.46. The highest BCUT2D eigenvalue weighted by Crippen LogP contribution is 2.44. The number of ether oxygens (including phenoxy) is 1. The zero-order chi connectivity index (χ0) is 19.7. The van der Waals surface area contributed by atoms with Crippen molar-refractivity contribution in [2.45, 2.75) is 50.7 Å². The van der Waals surface area contributed by atoms with E-state index in [1.165, 1.54) is 0 Å². The van der Waals surface area contributed by atoms with Crippen LogP contribution in [0.15, 0.2) is 42.6 Å². The summed E-state index contributed by atoms with van der Waals surface area (Å²) in [6.07, 6.45) is 4.88. The first-order valence-electron chi connectivity index (χ1n) is 9.90. The van der Waals surface area contributed by atoms with Crippen LogP contribution in [0.4, 0.5) is 11.5 Å². The van der Waals surface area contributed by atoms with E-state index in [0.29, 0.717) is 5.02 Å². The number of nitrogens with one attached hydrogen (secondary N) is 1. The molecular formula is C22H26ClN3O2. The molecule has 2 heterocycles. The van der Waals surface area contributed by atoms with Crippen LogP contribution in [0.5, 0.6) is 0 Å². The number of carbonyl (C=O) groups excluding carboxylic acids is 1. The summed E-state index contributed by atoms with van der Waals surface area (Å²) in [4.78, 5) is 19.9. The Labute approximate surface area is 171 Å². The fourth-order valence-electron chi connectivity index (χ4n) is 4.21. The zero-order valence-corrected chi connectivity index (χ0v) is 17.1. The van der Waals surface area contributed by atoms with Gasteiger partial charge in [-0.3, -0.25) is 4.79 Å². The van der Waals surface area contributed by atoms with Crippen LogP contribution in [0.1, 0.15) is 38.7 Å². The maximum atomic E-state index is 13.1. The van der Waals surface area contributed by atoms with Crippen molar-refractivity contribution in [3.05, 3.63) is 53.2 Å². The molecule has 1 aliphatic heterocycles. The number of pyridine rings is 1. The fraction of sp³-hybridized carbons (Fsp3) is 0.455. The summed E-state index contributed by atoms with van der Waals surface area (Å²) in [6, 6.07) is 11.5. The average molecular weight is 400 g/mol. The molecule has 148 valence electrons. The Morgan fingerprint density at radius 2 is 1.82 bits per heavy atom. The second-order valence-corrected chi connectivity index (χ2v) is 8.40. The third-order valence-electron chi connectivity index (χ3n) is 5.79. The van der Waals surface area contributed by atoms with E-state index < -0.39 is 5.41 Å². The molecule has 5 nitrogen and oxygen atoms in total. The summed E-state index contributed by atoms with van der Waals surface area (Å²) >= 11 is 6.01. The van der Waals surface area contributed by atoms with E-state index in [0.717, 1.165) is 49.4 Å². The highest BCUT2D eigenvalue weighted by atomic mass is 35.5. The summed E-state index contributed by atoms with van der Waals surface area (Å²) in [5.74, 6) is 0.945. The molecule has 2 unspecified atom stereocenters. The van der Waals surface area contributed by atoms with Crippen LogP contribution in [0.25, 0.3) is 0 Å². The van der Waals surface area contributed by atoms with Gasteiger partial charge in [-0.25, -0.2) is 4.98 Å². The van der Waals surface area contributed by atoms with Gasteiger partial charge >= 0.3 is 0 Å². The van der Waals surface area contributed by atoms with E-state index in [1.807, 2.05) is 36.4 Å². The van der Waals surface area contributed by atoms with Gasteiger partial charge in [0.05, 0.1) is 29.5 Å². The van der Waals surface area contributed by atoms with Crippen LogP contribution in [0.2, 0.25) is 5.02 Å². The minimum Gasteiger partial charge on any atom is -0.372 e. The van der Waals surface area contributed by atoms with Crippen LogP contribution < -0.4 is 10.2 Å². The number of halogens is 1. The normalized spacial score (nSPS) is 23.8. The van der Waals surface area contributed by atoms with Crippen molar-refractivity contribution in [1.82, 2.24) is 4.98 Å². The molecule has 0 bridgehead atoms. The number of carbonyl (C=O) groups is 1. The predicted octanol–water partition coefficient (Wildman–Crippen LogP) is 4.41. The van der Waals surface area contributed by atoms with Crippen molar-refractivity contribution < 1.29 is 9.53 Å². The molecule has 1 amide bonds. The minimum absolute atomic E-state index is 0.0317. The Bertz CT molecular complexity index is 824. The minimum atomic E-state index is -0.460. The zero-order valence-electron chi connectivity index (χ0n) is 16.3. The topological polar surface area (TPSA) is 54.5 Å². The van der Waals surface area contributed by atoms with Gasteiger partial charge in [-0.1, -0.05) is 30.2 Å². The third-order valence-corrected chi connectivity index (χ3v) is 6.04. The van der Waals surface area contributed by atoms with Crippen LogP contribution in [0, 0.1) is 0 Å². The lowest BCUT2D eigenvalue weighted by molar-refractivity contribution is -0.124. The molecule has 2 aromatic rings. The smallest absolute Gasteiger partial charge is 0.235 e. The van der Waals surface area contributed by atoms with Crippen molar-refractivity contribution in [3.8, 4) is 0 Å². The molecular weight excluding hydrogens is 374 g/mol. The summed E-state index contributed by atoms with van der Waals surface area (Å²) in [7, 11) is 0. The quantitative estimate of drug-likeness (QED) is 0.827. The molecule has 2 atom stereocenters. The van der Waals surface area contributed by atoms with Crippen LogP contribution in [-0.4, -0.2) is 36.2 Å². The number of anilines is 2. The van der Waals surface area contributed by atoms with Gasteiger partial charge in [0, 0.05) is 18.1 Å². The van der Waals surface area contributed by atoms with Gasteiger partial charge in [-0.2, -0.15) is 0 Å². The summed E-state index contributed by atoms with van der Waals surface area (Å²) in [5, 5.41) is 3.75. The van der Waals surface area contributed by atoms with Gasteiger partial charge in [0.25, 0.3) is 0 Å². The molecule has 2 fully saturated rings. The Morgan fingerprint density at radius 1 is 1.14 bits per heavy atom. The highest BCUT2D eigenvalue weighted by molar-refractivity contribution is 6.30. The first kappa shape index (κ1) is 19.2. The lowest BCUT2D eigenvalue weighted by Gasteiger charge is -2.40. The van der Waals surface area contributed by atoms with E-state index in [4.69, 9.17) is 16.3 Å². The second kappa shape index (κ2) is 7.72. The predicted molar refractivity (Wildman–Crippen MR) is 112 cm³/mol. The van der Waals surface area contributed by atoms with Crippen molar-refractivity contribution in [1.29, 1.82) is 0 Å². The van der Waals surface area contributed by atoms with Crippen molar-refractivity contribution in [2.24, 2.45) is 0 Å². The Morgan fingerprint density at radius 3 is 2.36 bits per heavy atom. The van der Waals surface area contributed by atoms with Gasteiger partial charge in [-0.15, -0.1) is 0 Å². The van der Waals surface area contributed by atoms with E-state index in [9.17, 15) is 4.79 Å². The summed E-state index contributed by atoms with van der Waals surface area (Å²) in [6.45, 7) is 5.80. The average Bonchev–Trinajstić information content (AvgIpc) is 2.62. The lowest BCUT2D eigenvalue weighted by Crippen LogP contribution is -2.46. The molecule has 28 heavy (non-hydrogen) atoms. The molecule has 1 aromatic carbocycles. The van der Waals surface area contributed by atoms with Crippen molar-refractivity contribution >= 4 is 29.0 Å². The van der Waals surface area contributed by atoms with E-state index in [2.05, 4.69) is 29.0 Å². The lowest BCUT2D eigenvalue weighted by atomic mass is 9.64.